The summed E-state index contributed by atoms with van der Waals surface area (Å²) in [7, 11) is 1.27. The van der Waals surface area contributed by atoms with Crippen LogP contribution in [0.2, 0.25) is 5.02 Å². The fraction of sp³-hybridized carbons (Fsp3) is 0.522. The van der Waals surface area contributed by atoms with Gasteiger partial charge >= 0.3 is 12.1 Å². The van der Waals surface area contributed by atoms with Gasteiger partial charge in [0.05, 0.1) is 31.0 Å². The highest BCUT2D eigenvalue weighted by atomic mass is 35.5. The molecular weight excluding hydrogens is 436 g/mol. The van der Waals surface area contributed by atoms with Crippen LogP contribution in [0.4, 0.5) is 4.79 Å². The molecule has 1 fully saturated rings. The van der Waals surface area contributed by atoms with Gasteiger partial charge in [-0.2, -0.15) is 0 Å². The van der Waals surface area contributed by atoms with Crippen LogP contribution in [-0.2, 0) is 14.3 Å². The smallest absolute Gasteiger partial charge is 0.411 e. The number of aliphatic hydroxyl groups excluding tert-OH is 1. The predicted octanol–water partition coefficient (Wildman–Crippen LogP) is 3.93. The number of carbonyl (C=O) groups excluding carboxylic acids is 2. The van der Waals surface area contributed by atoms with E-state index in [1.807, 2.05) is 0 Å². The van der Waals surface area contributed by atoms with Gasteiger partial charge in [0.25, 0.3) is 0 Å². The SMILES string of the molecule is COC(=O)[C@@H]1CC2(CC(O)c3c(c(C)nc4ccc(Cl)cc34)O2)CN1C(=O)OC(C)(C)C. The molecule has 0 saturated carbocycles. The maximum Gasteiger partial charge on any atom is 0.411 e. The molecule has 2 aromatic rings. The van der Waals surface area contributed by atoms with Crippen molar-refractivity contribution in [3.8, 4) is 5.75 Å². The Morgan fingerprint density at radius 2 is 2.03 bits per heavy atom. The van der Waals surface area contributed by atoms with Crippen molar-refractivity contribution in [2.45, 2.75) is 63.9 Å². The van der Waals surface area contributed by atoms with Crippen LogP contribution in [0.1, 0.15) is 51.0 Å². The molecule has 4 rings (SSSR count). The molecule has 0 bridgehead atoms. The molecular formula is C23H27ClN2O6. The standard InChI is InChI=1S/C23H27ClN2O6/c1-12-19-18(14-8-13(24)6-7-15(14)25-12)17(27)10-23(31-19)9-16(20(28)30-5)26(11-23)21(29)32-22(2,3)4/h6-8,16-17,27H,9-11H2,1-5H3/t16-,17?,23?/m0/s1. The fourth-order valence-electron chi connectivity index (χ4n) is 4.57. The minimum absolute atomic E-state index is 0.0746. The van der Waals surface area contributed by atoms with Gasteiger partial charge in [0, 0.05) is 28.8 Å². The van der Waals surface area contributed by atoms with Crippen LogP contribution in [-0.4, -0.2) is 58.0 Å². The summed E-state index contributed by atoms with van der Waals surface area (Å²) in [5, 5.41) is 12.4. The minimum atomic E-state index is -0.985. The van der Waals surface area contributed by atoms with Crippen LogP contribution in [0.15, 0.2) is 18.2 Å². The number of hydrogen-bond acceptors (Lipinski definition) is 7. The van der Waals surface area contributed by atoms with Crippen LogP contribution in [0.25, 0.3) is 10.9 Å². The highest BCUT2D eigenvalue weighted by molar-refractivity contribution is 6.31. The summed E-state index contributed by atoms with van der Waals surface area (Å²) < 4.78 is 16.9. The summed E-state index contributed by atoms with van der Waals surface area (Å²) >= 11 is 6.19. The average molecular weight is 463 g/mol. The number of fused-ring (bicyclic) bond motifs is 3. The largest absolute Gasteiger partial charge is 0.483 e. The Bertz CT molecular complexity index is 1100. The first kappa shape index (κ1) is 22.6. The number of aromatic nitrogens is 1. The van der Waals surface area contributed by atoms with Gasteiger partial charge in [-0.05, 0) is 45.9 Å². The molecule has 1 aromatic heterocycles. The quantitative estimate of drug-likeness (QED) is 0.641. The van der Waals surface area contributed by atoms with Crippen molar-refractivity contribution in [1.29, 1.82) is 0 Å². The van der Waals surface area contributed by atoms with E-state index in [9.17, 15) is 14.7 Å². The number of nitrogens with zero attached hydrogens (tertiary/aromatic N) is 2. The molecule has 3 atom stereocenters. The van der Waals surface area contributed by atoms with E-state index in [0.717, 1.165) is 0 Å². The summed E-state index contributed by atoms with van der Waals surface area (Å²) in [6.07, 6.45) is -1.16. The number of benzene rings is 1. The van der Waals surface area contributed by atoms with E-state index in [1.54, 1.807) is 45.9 Å². The highest BCUT2D eigenvalue weighted by Gasteiger charge is 2.55. The van der Waals surface area contributed by atoms with Gasteiger partial charge in [-0.15, -0.1) is 0 Å². The summed E-state index contributed by atoms with van der Waals surface area (Å²) in [5.41, 5.74) is 0.217. The van der Waals surface area contributed by atoms with Crippen molar-refractivity contribution in [3.63, 3.8) is 0 Å². The van der Waals surface area contributed by atoms with Gasteiger partial charge in [0.1, 0.15) is 23.0 Å². The van der Waals surface area contributed by atoms with Crippen molar-refractivity contribution in [2.75, 3.05) is 13.7 Å². The van der Waals surface area contributed by atoms with Crippen LogP contribution >= 0.6 is 11.6 Å². The fourth-order valence-corrected chi connectivity index (χ4v) is 4.74. The van der Waals surface area contributed by atoms with Gasteiger partial charge < -0.3 is 19.3 Å². The van der Waals surface area contributed by atoms with E-state index >= 15 is 0 Å². The number of rotatable bonds is 1. The third-order valence-corrected chi connectivity index (χ3v) is 6.06. The summed E-state index contributed by atoms with van der Waals surface area (Å²) in [6, 6.07) is 4.42. The lowest BCUT2D eigenvalue weighted by Crippen LogP contribution is -2.46. The van der Waals surface area contributed by atoms with E-state index in [1.165, 1.54) is 12.0 Å². The number of pyridine rings is 1. The zero-order valence-electron chi connectivity index (χ0n) is 18.8. The third-order valence-electron chi connectivity index (χ3n) is 5.83. The molecule has 1 amide bonds. The highest BCUT2D eigenvalue weighted by Crippen LogP contribution is 2.49. The zero-order valence-corrected chi connectivity index (χ0v) is 19.5. The first-order valence-electron chi connectivity index (χ1n) is 10.5. The van der Waals surface area contributed by atoms with Gasteiger partial charge in [-0.25, -0.2) is 14.6 Å². The Kier molecular flexibility index (Phi) is 5.49. The van der Waals surface area contributed by atoms with E-state index in [4.69, 9.17) is 25.8 Å². The monoisotopic (exact) mass is 462 g/mol. The number of hydrogen-bond donors (Lipinski definition) is 1. The molecule has 2 aliphatic rings. The number of halogens is 1. The second-order valence-corrected chi connectivity index (χ2v) is 9.89. The van der Waals surface area contributed by atoms with Crippen LogP contribution < -0.4 is 4.74 Å². The number of esters is 1. The number of ether oxygens (including phenoxy) is 3. The number of carbonyl (C=O) groups is 2. The molecule has 172 valence electrons. The molecule has 3 heterocycles. The molecule has 9 heteroatoms. The lowest BCUT2D eigenvalue weighted by atomic mass is 9.85. The Morgan fingerprint density at radius 1 is 1.31 bits per heavy atom. The van der Waals surface area contributed by atoms with Crippen molar-refractivity contribution in [3.05, 3.63) is 34.5 Å². The van der Waals surface area contributed by atoms with E-state index in [-0.39, 0.29) is 19.4 Å². The lowest BCUT2D eigenvalue weighted by molar-refractivity contribution is -0.145. The predicted molar refractivity (Wildman–Crippen MR) is 118 cm³/mol. The Morgan fingerprint density at radius 3 is 2.69 bits per heavy atom. The van der Waals surface area contributed by atoms with E-state index in [0.29, 0.717) is 32.9 Å². The molecule has 1 aromatic carbocycles. The van der Waals surface area contributed by atoms with Crippen LogP contribution in [0.5, 0.6) is 5.75 Å². The zero-order chi connectivity index (χ0) is 23.4. The lowest BCUT2D eigenvalue weighted by Gasteiger charge is -2.39. The Labute approximate surface area is 191 Å². The van der Waals surface area contributed by atoms with Crippen molar-refractivity contribution < 1.29 is 28.9 Å². The molecule has 32 heavy (non-hydrogen) atoms. The van der Waals surface area contributed by atoms with Crippen molar-refractivity contribution in [2.24, 2.45) is 0 Å². The van der Waals surface area contributed by atoms with Gasteiger partial charge in [0.15, 0.2) is 0 Å². The van der Waals surface area contributed by atoms with Crippen molar-refractivity contribution in [1.82, 2.24) is 9.88 Å². The minimum Gasteiger partial charge on any atom is -0.483 e. The number of aryl methyl sites for hydroxylation is 1. The second-order valence-electron chi connectivity index (χ2n) is 9.46. The third kappa shape index (κ3) is 3.97. The summed E-state index contributed by atoms with van der Waals surface area (Å²) in [4.78, 5) is 31.3. The number of methoxy groups -OCH3 is 1. The van der Waals surface area contributed by atoms with Crippen molar-refractivity contribution >= 4 is 34.6 Å². The molecule has 1 N–H and O–H groups in total. The molecule has 1 spiro atoms. The van der Waals surface area contributed by atoms with Gasteiger partial charge in [0.2, 0.25) is 0 Å². The maximum absolute atomic E-state index is 12.9. The maximum atomic E-state index is 12.9. The first-order chi connectivity index (χ1) is 14.9. The van der Waals surface area contributed by atoms with Gasteiger partial charge in [-0.3, -0.25) is 4.90 Å². The number of amides is 1. The molecule has 2 aliphatic heterocycles. The Balaban J connectivity index is 1.74. The topological polar surface area (TPSA) is 98.2 Å². The van der Waals surface area contributed by atoms with E-state index < -0.39 is 35.4 Å². The summed E-state index contributed by atoms with van der Waals surface area (Å²) in [5.74, 6) is -0.107. The van der Waals surface area contributed by atoms with Gasteiger partial charge in [-0.1, -0.05) is 11.6 Å². The van der Waals surface area contributed by atoms with Crippen LogP contribution in [0, 0.1) is 6.92 Å². The van der Waals surface area contributed by atoms with E-state index in [2.05, 4.69) is 4.98 Å². The molecule has 2 unspecified atom stereocenters. The summed E-state index contributed by atoms with van der Waals surface area (Å²) in [6.45, 7) is 7.15. The second kappa shape index (κ2) is 7.78. The first-order valence-corrected chi connectivity index (χ1v) is 10.9. The van der Waals surface area contributed by atoms with Crippen LogP contribution in [0.3, 0.4) is 0 Å². The number of aliphatic hydroxyl groups is 1. The Hall–Kier alpha value is -2.58. The molecule has 1 saturated heterocycles. The average Bonchev–Trinajstić information content (AvgIpc) is 3.05. The molecule has 0 aliphatic carbocycles. The molecule has 8 nitrogen and oxygen atoms in total. The number of likely N-dealkylation sites (tertiary alicyclic amines) is 1. The molecule has 0 radical (unpaired) electrons. The normalized spacial score (nSPS) is 24.9.